The first kappa shape index (κ1) is 19.9. The third-order valence-electron chi connectivity index (χ3n) is 4.71. The highest BCUT2D eigenvalue weighted by Gasteiger charge is 2.11. The van der Waals surface area contributed by atoms with Crippen molar-refractivity contribution in [2.75, 3.05) is 11.1 Å². The van der Waals surface area contributed by atoms with Gasteiger partial charge in [0.2, 0.25) is 0 Å². The molecule has 0 saturated heterocycles. The monoisotopic (exact) mass is 419 g/mol. The Labute approximate surface area is 175 Å². The minimum atomic E-state index is -0.502. The predicted molar refractivity (Wildman–Crippen MR) is 115 cm³/mol. The van der Waals surface area contributed by atoms with E-state index in [0.717, 1.165) is 11.6 Å². The van der Waals surface area contributed by atoms with Crippen LogP contribution in [-0.4, -0.2) is 21.8 Å². The molecule has 0 fully saturated rings. The van der Waals surface area contributed by atoms with E-state index in [1.165, 1.54) is 12.1 Å². The number of benzene rings is 3. The van der Waals surface area contributed by atoms with Crippen LogP contribution in [0.5, 0.6) is 0 Å². The summed E-state index contributed by atoms with van der Waals surface area (Å²) in [6, 6.07) is 15.2. The second-order valence-corrected chi connectivity index (χ2v) is 6.90. The maximum atomic E-state index is 13.3. The van der Waals surface area contributed by atoms with Crippen LogP contribution in [0.25, 0.3) is 11.0 Å². The van der Waals surface area contributed by atoms with Crippen molar-refractivity contribution >= 4 is 34.2 Å². The number of anilines is 2. The van der Waals surface area contributed by atoms with E-state index >= 15 is 0 Å². The van der Waals surface area contributed by atoms with Gasteiger partial charge in [0.15, 0.2) is 0 Å². The van der Waals surface area contributed by atoms with Crippen LogP contribution in [0, 0.1) is 5.82 Å². The van der Waals surface area contributed by atoms with Gasteiger partial charge in [-0.25, -0.2) is 9.18 Å². The average molecular weight is 419 g/mol. The highest BCUT2D eigenvalue weighted by Crippen LogP contribution is 2.20. The molecule has 0 aliphatic carbocycles. The van der Waals surface area contributed by atoms with Crippen molar-refractivity contribution in [3.05, 3.63) is 93.7 Å². The number of nitrogens with two attached hydrogens (primary N) is 1. The normalized spacial score (nSPS) is 10.7. The number of aromatic nitrogens is 2. The van der Waals surface area contributed by atoms with Gasteiger partial charge in [-0.1, -0.05) is 12.1 Å². The third-order valence-corrected chi connectivity index (χ3v) is 4.71. The number of carbonyl (C=O) groups is 2. The van der Waals surface area contributed by atoms with Crippen LogP contribution < -0.4 is 22.1 Å². The second-order valence-electron chi connectivity index (χ2n) is 6.90. The molecule has 0 unspecified atom stereocenters. The Bertz CT molecular complexity index is 1340. The van der Waals surface area contributed by atoms with Gasteiger partial charge in [-0.3, -0.25) is 9.59 Å². The Balaban J connectivity index is 1.38. The maximum absolute atomic E-state index is 13.3. The van der Waals surface area contributed by atoms with E-state index in [0.29, 0.717) is 22.2 Å². The number of aromatic amines is 2. The van der Waals surface area contributed by atoms with Crippen molar-refractivity contribution in [1.29, 1.82) is 0 Å². The van der Waals surface area contributed by atoms with Crippen LogP contribution in [0.1, 0.15) is 26.3 Å². The number of halogens is 1. The van der Waals surface area contributed by atoms with Crippen LogP contribution in [0.3, 0.4) is 0 Å². The first-order chi connectivity index (χ1) is 14.9. The largest absolute Gasteiger partial charge is 0.397 e. The summed E-state index contributed by atoms with van der Waals surface area (Å²) in [5.41, 5.74) is 8.59. The van der Waals surface area contributed by atoms with Crippen molar-refractivity contribution < 1.29 is 14.0 Å². The van der Waals surface area contributed by atoms with E-state index in [1.807, 2.05) is 0 Å². The van der Waals surface area contributed by atoms with Gasteiger partial charge in [0.05, 0.1) is 22.4 Å². The third kappa shape index (κ3) is 4.45. The van der Waals surface area contributed by atoms with E-state index in [4.69, 9.17) is 5.73 Å². The average Bonchev–Trinajstić information content (AvgIpc) is 3.14. The number of hydrogen-bond acceptors (Lipinski definition) is 4. The molecule has 0 saturated carbocycles. The fraction of sp³-hybridized carbons (Fsp3) is 0.0455. The summed E-state index contributed by atoms with van der Waals surface area (Å²) in [4.78, 5) is 41.3. The molecule has 4 rings (SSSR count). The summed E-state index contributed by atoms with van der Waals surface area (Å²) in [7, 11) is 0. The summed E-state index contributed by atoms with van der Waals surface area (Å²) in [6.45, 7) is 0.249. The fourth-order valence-corrected chi connectivity index (χ4v) is 3.06. The van der Waals surface area contributed by atoms with Gasteiger partial charge < -0.3 is 26.3 Å². The van der Waals surface area contributed by atoms with Gasteiger partial charge in [-0.2, -0.15) is 0 Å². The summed E-state index contributed by atoms with van der Waals surface area (Å²) in [5.74, 6) is -1.23. The SMILES string of the molecule is Nc1ccc(F)cc1NC(=O)c1ccc(CNC(=O)c2ccc3[nH]c(=O)[nH]c3c2)cc1. The number of amides is 2. The number of fused-ring (bicyclic) bond motifs is 1. The standard InChI is InChI=1S/C22H18FN5O3/c23-15-6-7-16(24)18(10-15)26-21(30)13-3-1-12(2-4-13)11-25-20(29)14-5-8-17-19(9-14)28-22(31)27-17/h1-10H,11,24H2,(H,25,29)(H,26,30)(H2,27,28,31). The molecule has 2 amide bonds. The lowest BCUT2D eigenvalue weighted by Crippen LogP contribution is -2.22. The molecule has 0 spiro atoms. The summed E-state index contributed by atoms with van der Waals surface area (Å²) in [6.07, 6.45) is 0. The number of hydrogen-bond donors (Lipinski definition) is 5. The molecule has 0 aliphatic heterocycles. The quantitative estimate of drug-likeness (QED) is 0.318. The zero-order valence-electron chi connectivity index (χ0n) is 16.2. The van der Waals surface area contributed by atoms with Crippen LogP contribution in [0.2, 0.25) is 0 Å². The minimum absolute atomic E-state index is 0.196. The molecule has 0 atom stereocenters. The van der Waals surface area contributed by atoms with Crippen LogP contribution in [0.15, 0.2) is 65.5 Å². The summed E-state index contributed by atoms with van der Waals surface area (Å²) >= 11 is 0. The Morgan fingerprint density at radius 1 is 0.871 bits per heavy atom. The first-order valence-corrected chi connectivity index (χ1v) is 9.34. The van der Waals surface area contributed by atoms with Gasteiger partial charge in [0.1, 0.15) is 5.82 Å². The number of imidazole rings is 1. The van der Waals surface area contributed by atoms with E-state index in [1.54, 1.807) is 42.5 Å². The zero-order valence-corrected chi connectivity index (χ0v) is 16.2. The lowest BCUT2D eigenvalue weighted by molar-refractivity contribution is 0.0950. The van der Waals surface area contributed by atoms with Crippen molar-refractivity contribution in [3.63, 3.8) is 0 Å². The zero-order chi connectivity index (χ0) is 22.0. The Kier molecular flexibility index (Phi) is 5.23. The highest BCUT2D eigenvalue weighted by atomic mass is 19.1. The van der Waals surface area contributed by atoms with Gasteiger partial charge in [-0.05, 0) is 54.1 Å². The van der Waals surface area contributed by atoms with Gasteiger partial charge in [0.25, 0.3) is 11.8 Å². The van der Waals surface area contributed by atoms with E-state index in [2.05, 4.69) is 20.6 Å². The molecular formula is C22H18FN5O3. The van der Waals surface area contributed by atoms with Gasteiger partial charge >= 0.3 is 5.69 Å². The van der Waals surface area contributed by atoms with Crippen molar-refractivity contribution in [1.82, 2.24) is 15.3 Å². The number of rotatable bonds is 5. The number of nitrogen functional groups attached to an aromatic ring is 1. The molecule has 4 aromatic rings. The van der Waals surface area contributed by atoms with Crippen molar-refractivity contribution in [2.45, 2.75) is 6.54 Å². The highest BCUT2D eigenvalue weighted by molar-refractivity contribution is 6.05. The number of carbonyl (C=O) groups excluding carboxylic acids is 2. The first-order valence-electron chi connectivity index (χ1n) is 9.34. The molecule has 9 heteroatoms. The van der Waals surface area contributed by atoms with Crippen LogP contribution in [0.4, 0.5) is 15.8 Å². The van der Waals surface area contributed by atoms with Crippen LogP contribution in [-0.2, 0) is 6.54 Å². The predicted octanol–water partition coefficient (Wildman–Crippen LogP) is 2.76. The minimum Gasteiger partial charge on any atom is -0.397 e. The van der Waals surface area contributed by atoms with Crippen molar-refractivity contribution in [3.8, 4) is 0 Å². The Morgan fingerprint density at radius 2 is 1.58 bits per heavy atom. The van der Waals surface area contributed by atoms with E-state index in [9.17, 15) is 18.8 Å². The molecule has 3 aromatic carbocycles. The molecule has 1 aromatic heterocycles. The molecule has 0 aliphatic rings. The molecule has 0 bridgehead atoms. The Morgan fingerprint density at radius 3 is 2.35 bits per heavy atom. The lowest BCUT2D eigenvalue weighted by Gasteiger charge is -2.09. The molecule has 31 heavy (non-hydrogen) atoms. The molecule has 8 nitrogen and oxygen atoms in total. The molecule has 156 valence electrons. The van der Waals surface area contributed by atoms with Crippen LogP contribution >= 0.6 is 0 Å². The second kappa shape index (κ2) is 8.15. The maximum Gasteiger partial charge on any atom is 0.323 e. The van der Waals surface area contributed by atoms with Gasteiger partial charge in [0, 0.05) is 17.7 Å². The number of nitrogens with one attached hydrogen (secondary N) is 4. The van der Waals surface area contributed by atoms with Crippen molar-refractivity contribution in [2.24, 2.45) is 0 Å². The van der Waals surface area contributed by atoms with E-state index < -0.39 is 11.7 Å². The molecule has 0 radical (unpaired) electrons. The fourth-order valence-electron chi connectivity index (χ4n) is 3.06. The molecule has 6 N–H and O–H groups in total. The van der Waals surface area contributed by atoms with Gasteiger partial charge in [-0.15, -0.1) is 0 Å². The smallest absolute Gasteiger partial charge is 0.323 e. The molecule has 1 heterocycles. The van der Waals surface area contributed by atoms with E-state index in [-0.39, 0.29) is 29.5 Å². The summed E-state index contributed by atoms with van der Waals surface area (Å²) < 4.78 is 13.3. The summed E-state index contributed by atoms with van der Waals surface area (Å²) in [5, 5.41) is 5.36. The topological polar surface area (TPSA) is 133 Å². The molecular weight excluding hydrogens is 401 g/mol. The number of H-pyrrole nitrogens is 2. The lowest BCUT2D eigenvalue weighted by atomic mass is 10.1. The Hall–Kier alpha value is -4.40.